The Morgan fingerprint density at radius 3 is 2.79 bits per heavy atom. The summed E-state index contributed by atoms with van der Waals surface area (Å²) >= 11 is 1.68. The summed E-state index contributed by atoms with van der Waals surface area (Å²) in [6, 6.07) is 2.23. The number of rotatable bonds is 4. The number of hydrogen-bond acceptors (Lipinski definition) is 3. The van der Waals surface area contributed by atoms with Crippen molar-refractivity contribution >= 4 is 17.3 Å². The van der Waals surface area contributed by atoms with Crippen molar-refractivity contribution in [3.8, 4) is 0 Å². The molecule has 0 saturated heterocycles. The van der Waals surface area contributed by atoms with Crippen molar-refractivity contribution in [1.82, 2.24) is 4.90 Å². The third-order valence-electron chi connectivity index (χ3n) is 2.33. The zero-order valence-corrected chi connectivity index (χ0v) is 9.47. The first-order chi connectivity index (χ1) is 6.52. The standard InChI is InChI=1S/C10H15NO2S/c1-7-4-5-14-10(7)8(2)11(3)6-9(12)13/h4-5,8H,6H2,1-3H3,(H,12,13). The molecule has 0 radical (unpaired) electrons. The molecule has 0 spiro atoms. The molecule has 1 N–H and O–H groups in total. The quantitative estimate of drug-likeness (QED) is 0.833. The Morgan fingerprint density at radius 1 is 1.71 bits per heavy atom. The van der Waals surface area contributed by atoms with Crippen LogP contribution in [0.3, 0.4) is 0 Å². The highest BCUT2D eigenvalue weighted by Gasteiger charge is 2.16. The van der Waals surface area contributed by atoms with E-state index >= 15 is 0 Å². The molecular weight excluding hydrogens is 198 g/mol. The second kappa shape index (κ2) is 4.57. The number of aryl methyl sites for hydroxylation is 1. The molecule has 14 heavy (non-hydrogen) atoms. The molecule has 4 heteroatoms. The van der Waals surface area contributed by atoms with Crippen molar-refractivity contribution in [2.45, 2.75) is 19.9 Å². The lowest BCUT2D eigenvalue weighted by atomic mass is 10.2. The molecule has 0 bridgehead atoms. The number of aliphatic carboxylic acids is 1. The lowest BCUT2D eigenvalue weighted by molar-refractivity contribution is -0.138. The molecule has 1 atom stereocenters. The van der Waals surface area contributed by atoms with Gasteiger partial charge >= 0.3 is 5.97 Å². The summed E-state index contributed by atoms with van der Waals surface area (Å²) < 4.78 is 0. The smallest absolute Gasteiger partial charge is 0.317 e. The van der Waals surface area contributed by atoms with E-state index in [0.29, 0.717) is 0 Å². The Kier molecular flexibility index (Phi) is 3.66. The van der Waals surface area contributed by atoms with Crippen LogP contribution >= 0.6 is 11.3 Å². The third kappa shape index (κ3) is 2.56. The van der Waals surface area contributed by atoms with Gasteiger partial charge in [-0.2, -0.15) is 0 Å². The van der Waals surface area contributed by atoms with Gasteiger partial charge in [0.25, 0.3) is 0 Å². The van der Waals surface area contributed by atoms with Crippen LogP contribution < -0.4 is 0 Å². The Hall–Kier alpha value is -0.870. The van der Waals surface area contributed by atoms with Crippen molar-refractivity contribution in [2.75, 3.05) is 13.6 Å². The molecular formula is C10H15NO2S. The molecule has 0 amide bonds. The fourth-order valence-electron chi connectivity index (χ4n) is 1.36. The van der Waals surface area contributed by atoms with Crippen molar-refractivity contribution in [1.29, 1.82) is 0 Å². The molecule has 0 saturated carbocycles. The lowest BCUT2D eigenvalue weighted by Crippen LogP contribution is -2.28. The molecule has 0 aliphatic heterocycles. The summed E-state index contributed by atoms with van der Waals surface area (Å²) in [6.07, 6.45) is 0. The van der Waals surface area contributed by atoms with E-state index < -0.39 is 5.97 Å². The average molecular weight is 213 g/mol. The Balaban J connectivity index is 2.70. The van der Waals surface area contributed by atoms with Crippen LogP contribution in [0, 0.1) is 6.92 Å². The van der Waals surface area contributed by atoms with E-state index in [1.165, 1.54) is 10.4 Å². The molecule has 1 rings (SSSR count). The molecule has 1 heterocycles. The van der Waals surface area contributed by atoms with Gasteiger partial charge in [0, 0.05) is 10.9 Å². The van der Waals surface area contributed by atoms with E-state index in [1.807, 2.05) is 24.3 Å². The number of nitrogens with zero attached hydrogens (tertiary/aromatic N) is 1. The minimum absolute atomic E-state index is 0.0819. The van der Waals surface area contributed by atoms with Crippen LogP contribution in [-0.4, -0.2) is 29.6 Å². The number of carbonyl (C=O) groups is 1. The molecule has 0 aliphatic rings. The Labute approximate surface area is 88.0 Å². The minimum Gasteiger partial charge on any atom is -0.480 e. The summed E-state index contributed by atoms with van der Waals surface area (Å²) in [4.78, 5) is 13.6. The molecule has 78 valence electrons. The number of likely N-dealkylation sites (N-methyl/N-ethyl adjacent to an activating group) is 1. The summed E-state index contributed by atoms with van der Waals surface area (Å²) in [7, 11) is 1.83. The maximum absolute atomic E-state index is 10.5. The molecule has 0 aromatic carbocycles. The first-order valence-electron chi connectivity index (χ1n) is 4.48. The number of carboxylic acid groups (broad SMARTS) is 1. The molecule has 3 nitrogen and oxygen atoms in total. The van der Waals surface area contributed by atoms with Gasteiger partial charge < -0.3 is 5.11 Å². The Bertz CT molecular complexity index is 322. The van der Waals surface area contributed by atoms with Gasteiger partial charge in [-0.1, -0.05) is 0 Å². The van der Waals surface area contributed by atoms with Crippen LogP contribution in [0.4, 0.5) is 0 Å². The zero-order valence-electron chi connectivity index (χ0n) is 8.65. The molecule has 0 aliphatic carbocycles. The van der Waals surface area contributed by atoms with Crippen LogP contribution in [0.2, 0.25) is 0 Å². The highest BCUT2D eigenvalue weighted by molar-refractivity contribution is 7.10. The van der Waals surface area contributed by atoms with Crippen LogP contribution in [0.5, 0.6) is 0 Å². The van der Waals surface area contributed by atoms with Crippen molar-refractivity contribution in [3.63, 3.8) is 0 Å². The number of carboxylic acids is 1. The first-order valence-corrected chi connectivity index (χ1v) is 5.36. The van der Waals surface area contributed by atoms with Gasteiger partial charge in [0.05, 0.1) is 6.54 Å². The third-order valence-corrected chi connectivity index (χ3v) is 3.52. The maximum atomic E-state index is 10.5. The van der Waals surface area contributed by atoms with Gasteiger partial charge in [0.15, 0.2) is 0 Å². The van der Waals surface area contributed by atoms with Gasteiger partial charge in [0.2, 0.25) is 0 Å². The number of thiophene rings is 1. The number of hydrogen-bond donors (Lipinski definition) is 1. The van der Waals surface area contributed by atoms with Gasteiger partial charge in [-0.05, 0) is 37.9 Å². The minimum atomic E-state index is -0.784. The fraction of sp³-hybridized carbons (Fsp3) is 0.500. The lowest BCUT2D eigenvalue weighted by Gasteiger charge is -2.22. The van der Waals surface area contributed by atoms with Gasteiger partial charge in [-0.15, -0.1) is 11.3 Å². The topological polar surface area (TPSA) is 40.5 Å². The largest absolute Gasteiger partial charge is 0.480 e. The summed E-state index contributed by atoms with van der Waals surface area (Å²) in [5.41, 5.74) is 1.24. The van der Waals surface area contributed by atoms with Gasteiger partial charge in [-0.3, -0.25) is 9.69 Å². The predicted octanol–water partition coefficient (Wildman–Crippen LogP) is 2.13. The maximum Gasteiger partial charge on any atom is 0.317 e. The van der Waals surface area contributed by atoms with Crippen LogP contribution in [0.25, 0.3) is 0 Å². The van der Waals surface area contributed by atoms with Crippen LogP contribution in [-0.2, 0) is 4.79 Å². The normalized spacial score (nSPS) is 13.1. The second-order valence-corrected chi connectivity index (χ2v) is 4.40. The van der Waals surface area contributed by atoms with E-state index in [-0.39, 0.29) is 12.6 Å². The van der Waals surface area contributed by atoms with E-state index in [4.69, 9.17) is 5.11 Å². The van der Waals surface area contributed by atoms with Crippen LogP contribution in [0.15, 0.2) is 11.4 Å². The first kappa shape index (κ1) is 11.2. The predicted molar refractivity (Wildman–Crippen MR) is 57.7 cm³/mol. The fourth-order valence-corrected chi connectivity index (χ4v) is 2.41. The molecule has 1 aromatic heterocycles. The van der Waals surface area contributed by atoms with E-state index in [1.54, 1.807) is 11.3 Å². The molecule has 0 fully saturated rings. The summed E-state index contributed by atoms with van der Waals surface area (Å²) in [5.74, 6) is -0.784. The highest BCUT2D eigenvalue weighted by atomic mass is 32.1. The summed E-state index contributed by atoms with van der Waals surface area (Å²) in [6.45, 7) is 4.16. The monoisotopic (exact) mass is 213 g/mol. The van der Waals surface area contributed by atoms with E-state index in [0.717, 1.165) is 0 Å². The molecule has 1 aromatic rings. The Morgan fingerprint density at radius 2 is 2.36 bits per heavy atom. The second-order valence-electron chi connectivity index (χ2n) is 3.45. The van der Waals surface area contributed by atoms with E-state index in [9.17, 15) is 4.79 Å². The van der Waals surface area contributed by atoms with Crippen molar-refractivity contribution in [3.05, 3.63) is 21.9 Å². The zero-order chi connectivity index (χ0) is 10.7. The summed E-state index contributed by atoms with van der Waals surface area (Å²) in [5, 5.41) is 10.7. The van der Waals surface area contributed by atoms with Crippen molar-refractivity contribution < 1.29 is 9.90 Å². The van der Waals surface area contributed by atoms with Crippen molar-refractivity contribution in [2.24, 2.45) is 0 Å². The van der Waals surface area contributed by atoms with Gasteiger partial charge in [0.1, 0.15) is 0 Å². The highest BCUT2D eigenvalue weighted by Crippen LogP contribution is 2.26. The molecule has 1 unspecified atom stereocenters. The SMILES string of the molecule is Cc1ccsc1C(C)N(C)CC(=O)O. The van der Waals surface area contributed by atoms with E-state index in [2.05, 4.69) is 13.0 Å². The average Bonchev–Trinajstić information content (AvgIpc) is 2.48. The van der Waals surface area contributed by atoms with Crippen LogP contribution in [0.1, 0.15) is 23.4 Å². The van der Waals surface area contributed by atoms with Gasteiger partial charge in [-0.25, -0.2) is 0 Å².